The van der Waals surface area contributed by atoms with Crippen molar-refractivity contribution in [3.05, 3.63) is 22.8 Å². The quantitative estimate of drug-likeness (QED) is 0.383. The molecule has 0 aliphatic heterocycles. The number of anilines is 1. The van der Waals surface area contributed by atoms with Gasteiger partial charge in [-0.2, -0.15) is 0 Å². The monoisotopic (exact) mass is 286 g/mol. The fourth-order valence-corrected chi connectivity index (χ4v) is 1.71. The maximum absolute atomic E-state index is 11.9. The molecule has 0 bridgehead atoms. The molecule has 0 radical (unpaired) electrons. The van der Waals surface area contributed by atoms with Crippen molar-refractivity contribution in [1.29, 1.82) is 0 Å². The molecule has 0 fully saturated rings. The van der Waals surface area contributed by atoms with Crippen LogP contribution in [0.3, 0.4) is 0 Å². The SMILES string of the molecule is COCCCCCNC(=O)c1nc(NN)ccc1Cl. The molecule has 0 aliphatic rings. The van der Waals surface area contributed by atoms with E-state index < -0.39 is 0 Å². The first-order chi connectivity index (χ1) is 9.19. The van der Waals surface area contributed by atoms with Crippen LogP contribution in [-0.4, -0.2) is 31.2 Å². The molecule has 1 aromatic heterocycles. The summed E-state index contributed by atoms with van der Waals surface area (Å²) in [5.74, 6) is 5.34. The van der Waals surface area contributed by atoms with Gasteiger partial charge in [0.2, 0.25) is 0 Å². The Morgan fingerprint density at radius 3 is 2.89 bits per heavy atom. The molecule has 106 valence electrons. The molecule has 1 rings (SSSR count). The number of aromatic nitrogens is 1. The first-order valence-electron chi connectivity index (χ1n) is 6.09. The van der Waals surface area contributed by atoms with Gasteiger partial charge in [0.25, 0.3) is 5.91 Å². The number of nitrogens with two attached hydrogens (primary N) is 1. The Morgan fingerprint density at radius 2 is 2.21 bits per heavy atom. The van der Waals surface area contributed by atoms with Crippen LogP contribution in [0.1, 0.15) is 29.8 Å². The Morgan fingerprint density at radius 1 is 1.42 bits per heavy atom. The van der Waals surface area contributed by atoms with Gasteiger partial charge in [-0.25, -0.2) is 10.8 Å². The number of ether oxygens (including phenoxy) is 1. The summed E-state index contributed by atoms with van der Waals surface area (Å²) < 4.78 is 4.95. The second kappa shape index (κ2) is 8.68. The highest BCUT2D eigenvalue weighted by Gasteiger charge is 2.12. The molecule has 0 spiro atoms. The number of methoxy groups -OCH3 is 1. The largest absolute Gasteiger partial charge is 0.385 e. The van der Waals surface area contributed by atoms with Crippen molar-refractivity contribution in [2.75, 3.05) is 25.7 Å². The van der Waals surface area contributed by atoms with E-state index in [1.165, 1.54) is 0 Å². The van der Waals surface area contributed by atoms with Crippen LogP contribution in [0.5, 0.6) is 0 Å². The van der Waals surface area contributed by atoms with Gasteiger partial charge in [0.1, 0.15) is 11.5 Å². The maximum atomic E-state index is 11.9. The van der Waals surface area contributed by atoms with Crippen LogP contribution >= 0.6 is 11.6 Å². The van der Waals surface area contributed by atoms with Gasteiger partial charge in [0.15, 0.2) is 0 Å². The lowest BCUT2D eigenvalue weighted by molar-refractivity contribution is 0.0948. The number of hydrogen-bond acceptors (Lipinski definition) is 5. The second-order valence-corrected chi connectivity index (χ2v) is 4.39. The number of hydrogen-bond donors (Lipinski definition) is 3. The number of rotatable bonds is 8. The average molecular weight is 287 g/mol. The predicted octanol–water partition coefficient (Wildman–Crippen LogP) is 1.57. The van der Waals surface area contributed by atoms with Crippen molar-refractivity contribution in [3.63, 3.8) is 0 Å². The minimum atomic E-state index is -0.297. The summed E-state index contributed by atoms with van der Waals surface area (Å²) in [6.45, 7) is 1.33. The number of carbonyl (C=O) groups is 1. The molecule has 1 amide bonds. The summed E-state index contributed by atoms with van der Waals surface area (Å²) in [5.41, 5.74) is 2.55. The van der Waals surface area contributed by atoms with Crippen LogP contribution in [0.15, 0.2) is 12.1 Å². The molecule has 0 saturated heterocycles. The molecular weight excluding hydrogens is 268 g/mol. The van der Waals surface area contributed by atoms with E-state index >= 15 is 0 Å². The summed E-state index contributed by atoms with van der Waals surface area (Å²) in [4.78, 5) is 15.9. The lowest BCUT2D eigenvalue weighted by Gasteiger charge is -2.07. The fraction of sp³-hybridized carbons (Fsp3) is 0.500. The van der Waals surface area contributed by atoms with Crippen molar-refractivity contribution in [1.82, 2.24) is 10.3 Å². The molecule has 6 nitrogen and oxygen atoms in total. The van der Waals surface area contributed by atoms with Crippen molar-refractivity contribution < 1.29 is 9.53 Å². The molecule has 7 heteroatoms. The van der Waals surface area contributed by atoms with Gasteiger partial charge in [0, 0.05) is 20.3 Å². The predicted molar refractivity (Wildman–Crippen MR) is 75.1 cm³/mol. The van der Waals surface area contributed by atoms with E-state index in [-0.39, 0.29) is 11.6 Å². The minimum absolute atomic E-state index is 0.175. The highest BCUT2D eigenvalue weighted by atomic mass is 35.5. The van der Waals surface area contributed by atoms with Gasteiger partial charge in [-0.1, -0.05) is 11.6 Å². The summed E-state index contributed by atoms with van der Waals surface area (Å²) in [6.07, 6.45) is 2.87. The molecule has 0 atom stereocenters. The topological polar surface area (TPSA) is 89.3 Å². The van der Waals surface area contributed by atoms with Crippen molar-refractivity contribution in [2.45, 2.75) is 19.3 Å². The summed E-state index contributed by atoms with van der Waals surface area (Å²) >= 11 is 5.92. The molecule has 1 aromatic rings. The molecule has 0 saturated carbocycles. The summed E-state index contributed by atoms with van der Waals surface area (Å²) in [7, 11) is 1.67. The molecular formula is C12H19ClN4O2. The van der Waals surface area contributed by atoms with Crippen LogP contribution in [0.4, 0.5) is 5.82 Å². The fourth-order valence-electron chi connectivity index (χ4n) is 1.52. The van der Waals surface area contributed by atoms with Crippen molar-refractivity contribution in [2.24, 2.45) is 5.84 Å². The Balaban J connectivity index is 2.40. The van der Waals surface area contributed by atoms with E-state index in [2.05, 4.69) is 15.7 Å². The van der Waals surface area contributed by atoms with Gasteiger partial charge < -0.3 is 15.5 Å². The zero-order chi connectivity index (χ0) is 14.1. The number of unbranched alkanes of at least 4 members (excludes halogenated alkanes) is 2. The van der Waals surface area contributed by atoms with Gasteiger partial charge in [0.05, 0.1) is 5.02 Å². The number of nitrogens with one attached hydrogen (secondary N) is 2. The Labute approximate surface area is 117 Å². The lowest BCUT2D eigenvalue weighted by atomic mass is 10.2. The van der Waals surface area contributed by atoms with Crippen molar-refractivity contribution >= 4 is 23.3 Å². The average Bonchev–Trinajstić information content (AvgIpc) is 2.43. The summed E-state index contributed by atoms with van der Waals surface area (Å²) in [6, 6.07) is 3.18. The molecule has 1 heterocycles. The van der Waals surface area contributed by atoms with Gasteiger partial charge in [-0.15, -0.1) is 0 Å². The van der Waals surface area contributed by atoms with E-state index in [0.717, 1.165) is 25.9 Å². The smallest absolute Gasteiger partial charge is 0.271 e. The van der Waals surface area contributed by atoms with Crippen LogP contribution in [0.2, 0.25) is 5.02 Å². The van der Waals surface area contributed by atoms with Gasteiger partial charge >= 0.3 is 0 Å². The third-order valence-corrected chi connectivity index (χ3v) is 2.82. The van der Waals surface area contributed by atoms with E-state index in [0.29, 0.717) is 17.4 Å². The van der Waals surface area contributed by atoms with Crippen LogP contribution in [0, 0.1) is 0 Å². The number of nitrogen functional groups attached to an aromatic ring is 1. The third kappa shape index (κ3) is 5.42. The normalized spacial score (nSPS) is 10.3. The Hall–Kier alpha value is -1.37. The van der Waals surface area contributed by atoms with E-state index in [4.69, 9.17) is 22.2 Å². The first-order valence-corrected chi connectivity index (χ1v) is 6.47. The van der Waals surface area contributed by atoms with Crippen LogP contribution in [0.25, 0.3) is 0 Å². The highest BCUT2D eigenvalue weighted by Crippen LogP contribution is 2.16. The highest BCUT2D eigenvalue weighted by molar-refractivity contribution is 6.33. The first kappa shape index (κ1) is 15.7. The molecule has 4 N–H and O–H groups in total. The maximum Gasteiger partial charge on any atom is 0.271 e. The number of nitrogens with zero attached hydrogens (tertiary/aromatic N) is 1. The zero-order valence-corrected chi connectivity index (χ0v) is 11.7. The summed E-state index contributed by atoms with van der Waals surface area (Å²) in [5, 5.41) is 3.07. The van der Waals surface area contributed by atoms with Crippen molar-refractivity contribution in [3.8, 4) is 0 Å². The molecule has 0 aliphatic carbocycles. The number of amides is 1. The molecule has 0 unspecified atom stereocenters. The standard InChI is InChI=1S/C12H19ClN4O2/c1-19-8-4-2-3-7-15-12(18)11-9(13)5-6-10(16-11)17-14/h5-6H,2-4,7-8,14H2,1H3,(H,15,18)(H,16,17). The Bertz CT molecular complexity index is 415. The minimum Gasteiger partial charge on any atom is -0.385 e. The van der Waals surface area contributed by atoms with E-state index in [9.17, 15) is 4.79 Å². The Kier molecular flexibility index (Phi) is 7.17. The zero-order valence-electron chi connectivity index (χ0n) is 10.9. The van der Waals surface area contributed by atoms with Gasteiger partial charge in [-0.05, 0) is 31.4 Å². The van der Waals surface area contributed by atoms with E-state index in [1.54, 1.807) is 19.2 Å². The van der Waals surface area contributed by atoms with Crippen LogP contribution < -0.4 is 16.6 Å². The second-order valence-electron chi connectivity index (χ2n) is 3.98. The molecule has 19 heavy (non-hydrogen) atoms. The van der Waals surface area contributed by atoms with E-state index in [1.807, 2.05) is 0 Å². The number of halogens is 1. The number of carbonyl (C=O) groups excluding carboxylic acids is 1. The van der Waals surface area contributed by atoms with Gasteiger partial charge in [-0.3, -0.25) is 4.79 Å². The number of pyridine rings is 1. The third-order valence-electron chi connectivity index (χ3n) is 2.52. The molecule has 0 aromatic carbocycles. The van der Waals surface area contributed by atoms with Crippen LogP contribution in [-0.2, 0) is 4.74 Å². The lowest BCUT2D eigenvalue weighted by Crippen LogP contribution is -2.26. The number of hydrazine groups is 1.